The summed E-state index contributed by atoms with van der Waals surface area (Å²) in [7, 11) is 0. The van der Waals surface area contributed by atoms with Crippen LogP contribution in [0.2, 0.25) is 20.1 Å². The van der Waals surface area contributed by atoms with E-state index in [1.807, 2.05) is 41.1 Å². The molecule has 0 spiro atoms. The minimum Gasteiger partial charge on any atom is -0.337 e. The van der Waals surface area contributed by atoms with E-state index < -0.39 is 5.09 Å². The van der Waals surface area contributed by atoms with E-state index in [4.69, 9.17) is 61.7 Å². The second kappa shape index (κ2) is 10.5. The molecule has 3 aromatic rings. The molecule has 0 radical (unpaired) electrons. The Labute approximate surface area is 181 Å². The highest BCUT2D eigenvalue weighted by Gasteiger charge is 2.19. The third kappa shape index (κ3) is 6.56. The molecule has 0 fully saturated rings. The molecule has 6 nitrogen and oxygen atoms in total. The summed E-state index contributed by atoms with van der Waals surface area (Å²) < 4.78 is 2.01. The quantitative estimate of drug-likeness (QED) is 0.362. The van der Waals surface area contributed by atoms with Gasteiger partial charge in [-0.1, -0.05) is 58.5 Å². The molecule has 1 heterocycles. The molecule has 1 unspecified atom stereocenters. The number of hydrogen-bond donors (Lipinski definition) is 1. The summed E-state index contributed by atoms with van der Waals surface area (Å²) in [6.45, 7) is 0.711. The first-order valence-corrected chi connectivity index (χ1v) is 9.46. The van der Waals surface area contributed by atoms with Crippen LogP contribution in [0.5, 0.6) is 0 Å². The van der Waals surface area contributed by atoms with Crippen LogP contribution in [0.15, 0.2) is 55.1 Å². The van der Waals surface area contributed by atoms with Crippen LogP contribution >= 0.6 is 46.4 Å². The lowest BCUT2D eigenvalue weighted by atomic mass is 9.91. The van der Waals surface area contributed by atoms with Gasteiger partial charge in [0.15, 0.2) is 0 Å². The standard InChI is InChI=1S/C18H14Cl4N2.HNO3/c19-13-4-5-14(18(22)9-13)12(10-24-7-6-23-11-24)8-15-16(20)2-1-3-17(15)21;2-1(3)4/h1-7,9,11-12H,8,10H2;(H,2,3,4). The zero-order valence-electron chi connectivity index (χ0n) is 14.3. The minimum atomic E-state index is -1.50. The molecule has 28 heavy (non-hydrogen) atoms. The first-order chi connectivity index (χ1) is 13.3. The van der Waals surface area contributed by atoms with E-state index in [0.717, 1.165) is 11.1 Å². The maximum atomic E-state index is 8.36. The summed E-state index contributed by atoms with van der Waals surface area (Å²) in [5.74, 6) is 0.0846. The lowest BCUT2D eigenvalue weighted by Crippen LogP contribution is -2.12. The maximum absolute atomic E-state index is 8.36. The highest BCUT2D eigenvalue weighted by molar-refractivity contribution is 6.36. The topological polar surface area (TPSA) is 81.2 Å². The molecule has 2 aromatic carbocycles. The number of rotatable bonds is 5. The Morgan fingerprint density at radius 2 is 1.75 bits per heavy atom. The van der Waals surface area contributed by atoms with Gasteiger partial charge in [-0.05, 0) is 41.8 Å². The molecular weight excluding hydrogens is 448 g/mol. The molecule has 10 heteroatoms. The number of nitrogens with zero attached hydrogens (tertiary/aromatic N) is 3. The molecule has 148 valence electrons. The van der Waals surface area contributed by atoms with Gasteiger partial charge in [-0.25, -0.2) is 4.98 Å². The molecule has 0 saturated heterocycles. The highest BCUT2D eigenvalue weighted by atomic mass is 35.5. The fraction of sp³-hybridized carbons (Fsp3) is 0.167. The average molecular weight is 463 g/mol. The molecule has 0 aliphatic carbocycles. The highest BCUT2D eigenvalue weighted by Crippen LogP contribution is 2.35. The summed E-state index contributed by atoms with van der Waals surface area (Å²) in [6.07, 6.45) is 6.12. The van der Waals surface area contributed by atoms with Crippen LogP contribution in [0.25, 0.3) is 0 Å². The molecule has 0 aliphatic heterocycles. The van der Waals surface area contributed by atoms with E-state index in [1.54, 1.807) is 18.6 Å². The molecule has 0 saturated carbocycles. The van der Waals surface area contributed by atoms with E-state index >= 15 is 0 Å². The summed E-state index contributed by atoms with van der Waals surface area (Å²) in [6, 6.07) is 11.1. The van der Waals surface area contributed by atoms with Crippen molar-refractivity contribution in [3.63, 3.8) is 0 Å². The minimum absolute atomic E-state index is 0.0846. The third-order valence-electron chi connectivity index (χ3n) is 3.90. The number of aromatic nitrogens is 2. The van der Waals surface area contributed by atoms with Gasteiger partial charge in [0.25, 0.3) is 5.09 Å². The first-order valence-electron chi connectivity index (χ1n) is 7.94. The van der Waals surface area contributed by atoms with Crippen molar-refractivity contribution in [2.75, 3.05) is 0 Å². The fourth-order valence-electron chi connectivity index (χ4n) is 2.73. The van der Waals surface area contributed by atoms with Gasteiger partial charge >= 0.3 is 0 Å². The van der Waals surface area contributed by atoms with Gasteiger partial charge in [-0.3, -0.25) is 0 Å². The Bertz CT molecular complexity index is 912. The van der Waals surface area contributed by atoms with Crippen molar-refractivity contribution < 1.29 is 10.3 Å². The van der Waals surface area contributed by atoms with E-state index in [2.05, 4.69) is 4.98 Å². The van der Waals surface area contributed by atoms with Gasteiger partial charge in [0.05, 0.1) is 6.33 Å². The Hall–Kier alpha value is -1.99. The lowest BCUT2D eigenvalue weighted by molar-refractivity contribution is -0.742. The van der Waals surface area contributed by atoms with Crippen LogP contribution in [-0.2, 0) is 13.0 Å². The molecule has 1 atom stereocenters. The van der Waals surface area contributed by atoms with Crippen molar-refractivity contribution in [3.05, 3.63) is 96.5 Å². The molecule has 0 aliphatic rings. The maximum Gasteiger partial charge on any atom is 0.291 e. The Morgan fingerprint density at radius 1 is 1.11 bits per heavy atom. The van der Waals surface area contributed by atoms with E-state index in [-0.39, 0.29) is 5.92 Å². The van der Waals surface area contributed by atoms with Crippen molar-refractivity contribution >= 4 is 46.4 Å². The molecule has 1 aromatic heterocycles. The Balaban J connectivity index is 0.000000640. The normalized spacial score (nSPS) is 11.4. The first kappa shape index (κ1) is 22.3. The van der Waals surface area contributed by atoms with Crippen LogP contribution < -0.4 is 0 Å². The van der Waals surface area contributed by atoms with E-state index in [0.29, 0.717) is 33.1 Å². The Morgan fingerprint density at radius 3 is 2.29 bits per heavy atom. The van der Waals surface area contributed by atoms with Crippen molar-refractivity contribution in [2.45, 2.75) is 18.9 Å². The van der Waals surface area contributed by atoms with Crippen molar-refractivity contribution in [2.24, 2.45) is 0 Å². The van der Waals surface area contributed by atoms with Gasteiger partial charge < -0.3 is 9.77 Å². The monoisotopic (exact) mass is 461 g/mol. The average Bonchev–Trinajstić information content (AvgIpc) is 3.10. The van der Waals surface area contributed by atoms with Crippen LogP contribution in [0.3, 0.4) is 0 Å². The number of halogens is 4. The van der Waals surface area contributed by atoms with E-state index in [9.17, 15) is 0 Å². The predicted octanol–water partition coefficient (Wildman–Crippen LogP) is 6.18. The van der Waals surface area contributed by atoms with Crippen LogP contribution in [0, 0.1) is 10.1 Å². The number of benzene rings is 2. The van der Waals surface area contributed by atoms with Gasteiger partial charge in [0.1, 0.15) is 0 Å². The van der Waals surface area contributed by atoms with Crippen molar-refractivity contribution in [1.82, 2.24) is 9.55 Å². The summed E-state index contributed by atoms with van der Waals surface area (Å²) in [4.78, 5) is 12.5. The second-order valence-electron chi connectivity index (χ2n) is 5.76. The summed E-state index contributed by atoms with van der Waals surface area (Å²) in [5, 5.41) is 16.2. The molecule has 0 bridgehead atoms. The van der Waals surface area contributed by atoms with Crippen molar-refractivity contribution in [1.29, 1.82) is 0 Å². The predicted molar refractivity (Wildman–Crippen MR) is 110 cm³/mol. The van der Waals surface area contributed by atoms with Crippen LogP contribution in [0.1, 0.15) is 17.0 Å². The second-order valence-corrected chi connectivity index (χ2v) is 7.42. The van der Waals surface area contributed by atoms with Gasteiger partial charge in [0.2, 0.25) is 0 Å². The SMILES string of the molecule is Clc1ccc(C(Cc2c(Cl)cccc2Cl)Cn2ccnc2)c(Cl)c1.O=[N+]([O-])O. The van der Waals surface area contributed by atoms with Crippen LogP contribution in [-0.4, -0.2) is 19.8 Å². The van der Waals surface area contributed by atoms with E-state index in [1.165, 1.54) is 0 Å². The number of hydrogen-bond acceptors (Lipinski definition) is 3. The Kier molecular flexibility index (Phi) is 8.38. The van der Waals surface area contributed by atoms with Crippen LogP contribution in [0.4, 0.5) is 0 Å². The molecular formula is C18H15Cl4N3O3. The molecule has 1 N–H and O–H groups in total. The van der Waals surface area contributed by atoms with Crippen molar-refractivity contribution in [3.8, 4) is 0 Å². The zero-order valence-corrected chi connectivity index (χ0v) is 17.3. The number of imidazole rings is 1. The summed E-state index contributed by atoms with van der Waals surface area (Å²) >= 11 is 25.2. The fourth-order valence-corrected chi connectivity index (χ4v) is 3.84. The van der Waals surface area contributed by atoms with Gasteiger partial charge in [0, 0.05) is 44.9 Å². The molecule has 3 rings (SSSR count). The lowest BCUT2D eigenvalue weighted by Gasteiger charge is -2.21. The summed E-state index contributed by atoms with van der Waals surface area (Å²) in [5.41, 5.74) is 1.92. The smallest absolute Gasteiger partial charge is 0.291 e. The third-order valence-corrected chi connectivity index (χ3v) is 5.18. The molecule has 0 amide bonds. The van der Waals surface area contributed by atoms with Gasteiger partial charge in [-0.2, -0.15) is 0 Å². The van der Waals surface area contributed by atoms with Gasteiger partial charge in [-0.15, -0.1) is 10.1 Å². The largest absolute Gasteiger partial charge is 0.337 e. The zero-order chi connectivity index (χ0) is 20.7.